The lowest BCUT2D eigenvalue weighted by Gasteiger charge is -2.30. The predicted molar refractivity (Wildman–Crippen MR) is 109 cm³/mol. The minimum Gasteiger partial charge on any atom is -0.362 e. The van der Waals surface area contributed by atoms with Gasteiger partial charge in [0, 0.05) is 37.8 Å². The van der Waals surface area contributed by atoms with Crippen molar-refractivity contribution in [1.82, 2.24) is 20.6 Å². The highest BCUT2D eigenvalue weighted by molar-refractivity contribution is 5.74. The molecule has 1 aromatic heterocycles. The minimum atomic E-state index is -0.0601. The van der Waals surface area contributed by atoms with Crippen LogP contribution in [0.5, 0.6) is 0 Å². The van der Waals surface area contributed by atoms with Crippen molar-refractivity contribution in [2.75, 3.05) is 24.3 Å². The van der Waals surface area contributed by atoms with E-state index in [1.165, 1.54) is 24.1 Å². The molecular weight excluding hydrogens is 340 g/mol. The monoisotopic (exact) mass is 374 g/mol. The fourth-order valence-electron chi connectivity index (χ4n) is 4.06. The molecule has 7 heteroatoms. The zero-order chi connectivity index (χ0) is 19.4. The molecule has 0 bridgehead atoms. The third-order valence-corrected chi connectivity index (χ3v) is 5.40. The first-order valence-electron chi connectivity index (χ1n) is 10.3. The van der Waals surface area contributed by atoms with E-state index in [4.69, 9.17) is 9.97 Å². The molecule has 150 valence electrons. The molecule has 7 nitrogen and oxygen atoms in total. The van der Waals surface area contributed by atoms with Gasteiger partial charge in [-0.15, -0.1) is 0 Å². The van der Waals surface area contributed by atoms with E-state index in [0.717, 1.165) is 50.3 Å². The van der Waals surface area contributed by atoms with Gasteiger partial charge in [0.1, 0.15) is 5.82 Å². The average Bonchev–Trinajstić information content (AvgIpc) is 2.62. The maximum absolute atomic E-state index is 11.9. The normalized spacial score (nSPS) is 22.1. The largest absolute Gasteiger partial charge is 0.362 e. The lowest BCUT2D eigenvalue weighted by molar-refractivity contribution is 0.229. The molecule has 0 saturated heterocycles. The molecule has 0 radical (unpaired) electrons. The number of hydrogen-bond donors (Lipinski definition) is 3. The summed E-state index contributed by atoms with van der Waals surface area (Å²) < 4.78 is 0. The zero-order valence-corrected chi connectivity index (χ0v) is 17.1. The molecule has 1 aromatic rings. The highest BCUT2D eigenvalue weighted by Gasteiger charge is 2.24. The number of carbonyl (C=O) groups excluding carboxylic acids is 1. The van der Waals surface area contributed by atoms with Gasteiger partial charge in [-0.25, -0.2) is 9.78 Å². The van der Waals surface area contributed by atoms with E-state index in [-0.39, 0.29) is 18.1 Å². The molecular formula is C20H34N6O. The van der Waals surface area contributed by atoms with Crippen LogP contribution < -0.4 is 20.9 Å². The summed E-state index contributed by atoms with van der Waals surface area (Å²) in [6.07, 6.45) is 8.57. The van der Waals surface area contributed by atoms with E-state index in [9.17, 15) is 4.79 Å². The van der Waals surface area contributed by atoms with E-state index in [1.807, 2.05) is 13.8 Å². The summed E-state index contributed by atoms with van der Waals surface area (Å²) in [5.41, 5.74) is 2.53. The number of anilines is 2. The van der Waals surface area contributed by atoms with Crippen LogP contribution in [0.25, 0.3) is 0 Å². The zero-order valence-electron chi connectivity index (χ0n) is 17.1. The second kappa shape index (κ2) is 8.76. The van der Waals surface area contributed by atoms with Gasteiger partial charge in [-0.1, -0.05) is 0 Å². The van der Waals surface area contributed by atoms with E-state index < -0.39 is 0 Å². The first-order valence-corrected chi connectivity index (χ1v) is 10.3. The summed E-state index contributed by atoms with van der Waals surface area (Å²) in [6, 6.07) is 0.724. The fraction of sp³-hybridized carbons (Fsp3) is 0.750. The molecule has 3 N–H and O–H groups in total. The van der Waals surface area contributed by atoms with Crippen molar-refractivity contribution in [2.24, 2.45) is 0 Å². The van der Waals surface area contributed by atoms with Gasteiger partial charge in [0.25, 0.3) is 0 Å². The Kier molecular flexibility index (Phi) is 6.39. The third kappa shape index (κ3) is 5.23. The topological polar surface area (TPSA) is 82.2 Å². The molecule has 1 heterocycles. The van der Waals surface area contributed by atoms with Crippen LogP contribution in [0.4, 0.5) is 16.6 Å². The predicted octanol–water partition coefficient (Wildman–Crippen LogP) is 2.85. The first-order chi connectivity index (χ1) is 12.9. The third-order valence-electron chi connectivity index (χ3n) is 5.40. The first kappa shape index (κ1) is 19.7. The number of amides is 2. The van der Waals surface area contributed by atoms with Crippen LogP contribution in [-0.4, -0.2) is 48.2 Å². The van der Waals surface area contributed by atoms with Crippen LogP contribution >= 0.6 is 0 Å². The van der Waals surface area contributed by atoms with Gasteiger partial charge < -0.3 is 20.9 Å². The summed E-state index contributed by atoms with van der Waals surface area (Å²) >= 11 is 0. The molecule has 0 aliphatic heterocycles. The molecule has 0 aromatic carbocycles. The Morgan fingerprint density at radius 3 is 2.37 bits per heavy atom. The van der Waals surface area contributed by atoms with Gasteiger partial charge in [0.15, 0.2) is 0 Å². The molecule has 1 saturated carbocycles. The molecule has 27 heavy (non-hydrogen) atoms. The number of fused-ring (bicyclic) bond motifs is 1. The van der Waals surface area contributed by atoms with Crippen molar-refractivity contribution in [3.63, 3.8) is 0 Å². The van der Waals surface area contributed by atoms with E-state index >= 15 is 0 Å². The van der Waals surface area contributed by atoms with Gasteiger partial charge in [-0.05, 0) is 65.2 Å². The van der Waals surface area contributed by atoms with Crippen molar-refractivity contribution in [3.8, 4) is 0 Å². The van der Waals surface area contributed by atoms with E-state index in [0.29, 0.717) is 6.04 Å². The average molecular weight is 375 g/mol. The number of nitrogens with one attached hydrogen (secondary N) is 3. The van der Waals surface area contributed by atoms with Gasteiger partial charge in [-0.2, -0.15) is 4.98 Å². The molecule has 1 fully saturated rings. The molecule has 0 atom stereocenters. The Labute approximate surface area is 162 Å². The van der Waals surface area contributed by atoms with Crippen molar-refractivity contribution in [3.05, 3.63) is 11.3 Å². The van der Waals surface area contributed by atoms with Crippen molar-refractivity contribution >= 4 is 17.8 Å². The van der Waals surface area contributed by atoms with Crippen molar-refractivity contribution in [1.29, 1.82) is 0 Å². The number of hydrogen-bond acceptors (Lipinski definition) is 5. The van der Waals surface area contributed by atoms with Gasteiger partial charge in [0.05, 0.1) is 5.69 Å². The maximum atomic E-state index is 11.9. The second-order valence-corrected chi connectivity index (χ2v) is 8.36. The number of aryl methyl sites for hydroxylation is 1. The molecule has 0 spiro atoms. The Balaban J connectivity index is 1.57. The number of nitrogens with zero attached hydrogens (tertiary/aromatic N) is 3. The van der Waals surface area contributed by atoms with Crippen molar-refractivity contribution < 1.29 is 4.79 Å². The van der Waals surface area contributed by atoms with Gasteiger partial charge >= 0.3 is 6.03 Å². The highest BCUT2D eigenvalue weighted by Crippen LogP contribution is 2.29. The quantitative estimate of drug-likeness (QED) is 0.738. The molecule has 2 aliphatic carbocycles. The van der Waals surface area contributed by atoms with E-state index in [2.05, 4.69) is 34.9 Å². The molecule has 0 unspecified atom stereocenters. The van der Waals surface area contributed by atoms with E-state index in [1.54, 1.807) is 0 Å². The Bertz CT molecular complexity index is 652. The number of urea groups is 1. The smallest absolute Gasteiger partial charge is 0.315 e. The van der Waals surface area contributed by atoms with Crippen LogP contribution in [0.1, 0.15) is 63.6 Å². The Morgan fingerprint density at radius 2 is 1.70 bits per heavy atom. The highest BCUT2D eigenvalue weighted by atomic mass is 16.2. The minimum absolute atomic E-state index is 0.0601. The molecule has 3 rings (SSSR count). The van der Waals surface area contributed by atoms with Crippen LogP contribution in [-0.2, 0) is 12.8 Å². The summed E-state index contributed by atoms with van der Waals surface area (Å²) in [7, 11) is 4.11. The van der Waals surface area contributed by atoms with Crippen molar-refractivity contribution in [2.45, 2.75) is 83.3 Å². The molecule has 2 amide bonds. The summed E-state index contributed by atoms with van der Waals surface area (Å²) in [4.78, 5) is 23.6. The Morgan fingerprint density at radius 1 is 1.04 bits per heavy atom. The van der Waals surface area contributed by atoms with Crippen LogP contribution in [0.3, 0.4) is 0 Å². The second-order valence-electron chi connectivity index (χ2n) is 8.36. The maximum Gasteiger partial charge on any atom is 0.315 e. The van der Waals surface area contributed by atoms with Crippen LogP contribution in [0.2, 0.25) is 0 Å². The van der Waals surface area contributed by atoms with Crippen LogP contribution in [0.15, 0.2) is 0 Å². The van der Waals surface area contributed by atoms with Gasteiger partial charge in [0.2, 0.25) is 5.95 Å². The number of aromatic nitrogens is 2. The lowest BCUT2D eigenvalue weighted by atomic mass is 9.91. The number of carbonyl (C=O) groups is 1. The summed E-state index contributed by atoms with van der Waals surface area (Å²) in [5.74, 6) is 1.82. The summed E-state index contributed by atoms with van der Waals surface area (Å²) in [6.45, 7) is 3.95. The summed E-state index contributed by atoms with van der Waals surface area (Å²) in [5, 5.41) is 9.54. The van der Waals surface area contributed by atoms with Crippen LogP contribution in [0, 0.1) is 0 Å². The fourth-order valence-corrected chi connectivity index (χ4v) is 4.06. The Hall–Kier alpha value is -2.05. The SMILES string of the molecule is CC(C)NC(=O)NC1CCC(Nc2nc3c(c(N(C)C)n2)CCCC3)CC1. The standard InChI is InChI=1S/C20H34N6O/c1-13(2)21-20(27)23-15-11-9-14(10-12-15)22-19-24-17-8-6-5-7-16(17)18(25-19)26(3)4/h13-15H,5-12H2,1-4H3,(H2,21,23,27)(H,22,24,25). The molecule has 2 aliphatic rings. The van der Waals surface area contributed by atoms with Gasteiger partial charge in [-0.3, -0.25) is 0 Å². The number of rotatable bonds is 5. The lowest BCUT2D eigenvalue weighted by Crippen LogP contribution is -2.46.